The highest BCUT2D eigenvalue weighted by atomic mass is 127. The van der Waals surface area contributed by atoms with Crippen LogP contribution in [0.1, 0.15) is 25.0 Å². The van der Waals surface area contributed by atoms with Crippen LogP contribution in [0.3, 0.4) is 0 Å². The molecule has 0 aliphatic rings. The number of ether oxygens (including phenoxy) is 2. The van der Waals surface area contributed by atoms with Crippen LogP contribution in [0.25, 0.3) is 0 Å². The molecule has 0 aromatic heterocycles. The molecule has 0 unspecified atom stereocenters. The number of hydrogen-bond acceptors (Lipinski definition) is 2. The van der Waals surface area contributed by atoms with Crippen molar-refractivity contribution in [1.82, 2.24) is 0 Å². The van der Waals surface area contributed by atoms with E-state index in [2.05, 4.69) is 83.3 Å². The van der Waals surface area contributed by atoms with E-state index < -0.39 is 0 Å². The Morgan fingerprint density at radius 3 is 1.43 bits per heavy atom. The average molecular weight is 508 g/mol. The van der Waals surface area contributed by atoms with E-state index in [1.807, 2.05) is 12.1 Å². The van der Waals surface area contributed by atoms with E-state index in [1.54, 1.807) is 14.2 Å². The maximum atomic E-state index is 5.34. The zero-order valence-electron chi connectivity index (χ0n) is 12.5. The number of halogens is 2. The fraction of sp³-hybridized carbons (Fsp3) is 0.294. The Hall–Kier alpha value is -0.500. The molecule has 0 heterocycles. The fourth-order valence-electron chi connectivity index (χ4n) is 2.28. The highest BCUT2D eigenvalue weighted by molar-refractivity contribution is 14.1. The van der Waals surface area contributed by atoms with Gasteiger partial charge in [-0.3, -0.25) is 0 Å². The lowest BCUT2D eigenvalue weighted by atomic mass is 9.78. The van der Waals surface area contributed by atoms with Crippen molar-refractivity contribution in [3.63, 3.8) is 0 Å². The van der Waals surface area contributed by atoms with Crippen LogP contribution in [0.2, 0.25) is 0 Å². The topological polar surface area (TPSA) is 18.5 Å². The van der Waals surface area contributed by atoms with Crippen molar-refractivity contribution in [3.05, 3.63) is 54.7 Å². The molecule has 0 fully saturated rings. The molecule has 0 radical (unpaired) electrons. The lowest BCUT2D eigenvalue weighted by Gasteiger charge is -2.27. The van der Waals surface area contributed by atoms with Crippen LogP contribution < -0.4 is 9.47 Å². The van der Waals surface area contributed by atoms with E-state index >= 15 is 0 Å². The van der Waals surface area contributed by atoms with Crippen molar-refractivity contribution in [2.45, 2.75) is 19.3 Å². The van der Waals surface area contributed by atoms with Gasteiger partial charge in [0.25, 0.3) is 0 Å². The Morgan fingerprint density at radius 2 is 1.14 bits per heavy atom. The van der Waals surface area contributed by atoms with Gasteiger partial charge in [-0.05, 0) is 80.6 Å². The zero-order valence-corrected chi connectivity index (χ0v) is 16.9. The summed E-state index contributed by atoms with van der Waals surface area (Å²) in [6, 6.07) is 12.7. The monoisotopic (exact) mass is 508 g/mol. The SMILES string of the molecule is COc1ccc(C(C)(C)c2ccc(OC)c(I)c2)cc1I. The largest absolute Gasteiger partial charge is 0.496 e. The second kappa shape index (κ2) is 6.73. The van der Waals surface area contributed by atoms with Gasteiger partial charge in [-0.1, -0.05) is 26.0 Å². The van der Waals surface area contributed by atoms with Gasteiger partial charge < -0.3 is 9.47 Å². The summed E-state index contributed by atoms with van der Waals surface area (Å²) in [5.74, 6) is 1.83. The first-order chi connectivity index (χ1) is 9.90. The minimum atomic E-state index is -0.0710. The van der Waals surface area contributed by atoms with E-state index in [9.17, 15) is 0 Å². The van der Waals surface area contributed by atoms with Crippen LogP contribution in [0.5, 0.6) is 11.5 Å². The molecule has 2 rings (SSSR count). The van der Waals surface area contributed by atoms with Crippen molar-refractivity contribution in [1.29, 1.82) is 0 Å². The third-order valence-electron chi connectivity index (χ3n) is 3.75. The zero-order chi connectivity index (χ0) is 15.6. The molecule has 0 aliphatic carbocycles. The van der Waals surface area contributed by atoms with Crippen LogP contribution in [-0.2, 0) is 5.41 Å². The van der Waals surface area contributed by atoms with Crippen molar-refractivity contribution in [2.24, 2.45) is 0 Å². The summed E-state index contributed by atoms with van der Waals surface area (Å²) >= 11 is 4.63. The molecule has 0 aliphatic heterocycles. The van der Waals surface area contributed by atoms with Crippen molar-refractivity contribution in [2.75, 3.05) is 14.2 Å². The van der Waals surface area contributed by atoms with Crippen LogP contribution >= 0.6 is 45.2 Å². The fourth-order valence-corrected chi connectivity index (χ4v) is 3.75. The normalized spacial score (nSPS) is 11.3. The summed E-state index contributed by atoms with van der Waals surface area (Å²) in [6.45, 7) is 4.48. The molecule has 0 atom stereocenters. The number of hydrogen-bond donors (Lipinski definition) is 0. The Bertz CT molecular complexity index is 596. The van der Waals surface area contributed by atoms with Gasteiger partial charge in [-0.2, -0.15) is 0 Å². The Labute approximate surface area is 153 Å². The van der Waals surface area contributed by atoms with Gasteiger partial charge in [0.15, 0.2) is 0 Å². The summed E-state index contributed by atoms with van der Waals surface area (Å²) in [5, 5.41) is 0. The number of methoxy groups -OCH3 is 2. The van der Waals surface area contributed by atoms with Crippen LogP contribution in [0, 0.1) is 7.14 Å². The molecule has 0 spiro atoms. The lowest BCUT2D eigenvalue weighted by molar-refractivity contribution is 0.411. The molecule has 0 bridgehead atoms. The standard InChI is InChI=1S/C17H18I2O2/c1-17(2,11-5-7-15(20-3)13(18)9-11)12-6-8-16(21-4)14(19)10-12/h5-10H,1-4H3. The Kier molecular flexibility index (Phi) is 5.40. The van der Waals surface area contributed by atoms with Gasteiger partial charge in [-0.15, -0.1) is 0 Å². The lowest BCUT2D eigenvalue weighted by Crippen LogP contribution is -2.19. The minimum Gasteiger partial charge on any atom is -0.496 e. The van der Waals surface area contributed by atoms with E-state index in [-0.39, 0.29) is 5.41 Å². The summed E-state index contributed by atoms with van der Waals surface area (Å²) in [5.41, 5.74) is 2.47. The van der Waals surface area contributed by atoms with E-state index in [4.69, 9.17) is 9.47 Å². The molecule has 0 amide bonds. The van der Waals surface area contributed by atoms with Crippen molar-refractivity contribution >= 4 is 45.2 Å². The molecular weight excluding hydrogens is 490 g/mol. The molecule has 4 heteroatoms. The first-order valence-corrected chi connectivity index (χ1v) is 8.74. The number of rotatable bonds is 4. The average Bonchev–Trinajstić information content (AvgIpc) is 2.47. The second-order valence-corrected chi connectivity index (χ2v) is 7.65. The Morgan fingerprint density at radius 1 is 0.762 bits per heavy atom. The number of benzene rings is 2. The first kappa shape index (κ1) is 16.9. The summed E-state index contributed by atoms with van der Waals surface area (Å²) in [4.78, 5) is 0. The van der Waals surface area contributed by atoms with Gasteiger partial charge in [-0.25, -0.2) is 0 Å². The van der Waals surface area contributed by atoms with Crippen LogP contribution in [0.4, 0.5) is 0 Å². The molecule has 2 aromatic rings. The highest BCUT2D eigenvalue weighted by Crippen LogP contribution is 2.36. The molecule has 2 nitrogen and oxygen atoms in total. The van der Waals surface area contributed by atoms with Crippen molar-refractivity contribution in [3.8, 4) is 11.5 Å². The second-order valence-electron chi connectivity index (χ2n) is 5.32. The van der Waals surface area contributed by atoms with Gasteiger partial charge in [0.1, 0.15) is 11.5 Å². The van der Waals surface area contributed by atoms with Crippen LogP contribution in [0.15, 0.2) is 36.4 Å². The maximum absolute atomic E-state index is 5.34. The highest BCUT2D eigenvalue weighted by Gasteiger charge is 2.24. The van der Waals surface area contributed by atoms with Gasteiger partial charge in [0.05, 0.1) is 21.4 Å². The summed E-state index contributed by atoms with van der Waals surface area (Å²) in [6.07, 6.45) is 0. The third-order valence-corrected chi connectivity index (χ3v) is 5.43. The minimum absolute atomic E-state index is 0.0710. The van der Waals surface area contributed by atoms with Gasteiger partial charge >= 0.3 is 0 Å². The van der Waals surface area contributed by atoms with Gasteiger partial charge in [0, 0.05) is 5.41 Å². The molecule has 0 N–H and O–H groups in total. The molecule has 112 valence electrons. The smallest absolute Gasteiger partial charge is 0.132 e. The molecular formula is C17H18I2O2. The van der Waals surface area contributed by atoms with Crippen molar-refractivity contribution < 1.29 is 9.47 Å². The van der Waals surface area contributed by atoms with Crippen LogP contribution in [-0.4, -0.2) is 14.2 Å². The molecule has 2 aromatic carbocycles. The third kappa shape index (κ3) is 3.47. The predicted octanol–water partition coefficient (Wildman–Crippen LogP) is 5.24. The maximum Gasteiger partial charge on any atom is 0.132 e. The van der Waals surface area contributed by atoms with E-state index in [1.165, 1.54) is 11.1 Å². The Balaban J connectivity index is 2.45. The predicted molar refractivity (Wildman–Crippen MR) is 104 cm³/mol. The quantitative estimate of drug-likeness (QED) is 0.527. The molecule has 0 saturated carbocycles. The summed E-state index contributed by atoms with van der Waals surface area (Å²) < 4.78 is 12.9. The summed E-state index contributed by atoms with van der Waals surface area (Å²) in [7, 11) is 3.41. The molecule has 21 heavy (non-hydrogen) atoms. The van der Waals surface area contributed by atoms with E-state index in [0.717, 1.165) is 18.6 Å². The van der Waals surface area contributed by atoms with Gasteiger partial charge in [0.2, 0.25) is 0 Å². The first-order valence-electron chi connectivity index (χ1n) is 6.58. The van der Waals surface area contributed by atoms with E-state index in [0.29, 0.717) is 0 Å². The molecule has 0 saturated heterocycles.